The molecule has 1 aromatic carbocycles. The summed E-state index contributed by atoms with van der Waals surface area (Å²) in [7, 11) is 0. The molecule has 1 heterocycles. The zero-order valence-corrected chi connectivity index (χ0v) is 11.7. The lowest BCUT2D eigenvalue weighted by Crippen LogP contribution is -2.45. The molecule has 0 aliphatic carbocycles. The van der Waals surface area contributed by atoms with E-state index in [0.29, 0.717) is 0 Å². The minimum absolute atomic E-state index is 0.0167. The molecule has 1 aromatic rings. The van der Waals surface area contributed by atoms with E-state index in [1.54, 1.807) is 0 Å². The molecule has 10 heteroatoms. The van der Waals surface area contributed by atoms with Crippen LogP contribution in [0.1, 0.15) is 6.42 Å². The molecule has 1 N–H and O–H groups in total. The third kappa shape index (κ3) is 5.26. The smallest absolute Gasteiger partial charge is 0.573 e. The van der Waals surface area contributed by atoms with E-state index in [-0.39, 0.29) is 25.2 Å². The van der Waals surface area contributed by atoms with Crippen molar-refractivity contribution < 1.29 is 31.1 Å². The molecule has 2 rings (SSSR count). The Morgan fingerprint density at radius 3 is 2.52 bits per heavy atom. The van der Waals surface area contributed by atoms with Crippen LogP contribution in [0.2, 0.25) is 0 Å². The molecule has 0 radical (unpaired) electrons. The molecule has 23 heavy (non-hydrogen) atoms. The van der Waals surface area contributed by atoms with Gasteiger partial charge in [-0.15, -0.1) is 13.2 Å². The predicted molar refractivity (Wildman–Crippen MR) is 70.5 cm³/mol. The number of alkyl halides is 6. The molecule has 1 aliphatic heterocycles. The van der Waals surface area contributed by atoms with E-state index in [0.717, 1.165) is 12.1 Å². The van der Waals surface area contributed by atoms with Gasteiger partial charge in [0.05, 0.1) is 25.7 Å². The predicted octanol–water partition coefficient (Wildman–Crippen LogP) is 3.31. The van der Waals surface area contributed by atoms with E-state index >= 15 is 0 Å². The minimum Gasteiger partial charge on any atom is -0.627 e. The summed E-state index contributed by atoms with van der Waals surface area (Å²) in [6.45, 7) is -1.43. The first-order chi connectivity index (χ1) is 10.5. The van der Waals surface area contributed by atoms with Gasteiger partial charge < -0.3 is 19.9 Å². The second-order valence-electron chi connectivity index (χ2n) is 5.32. The molecule has 1 saturated heterocycles. The van der Waals surface area contributed by atoms with E-state index in [2.05, 4.69) is 10.1 Å². The third-order valence-electron chi connectivity index (χ3n) is 3.47. The van der Waals surface area contributed by atoms with Crippen molar-refractivity contribution in [2.45, 2.75) is 25.0 Å². The Morgan fingerprint density at radius 2 is 1.91 bits per heavy atom. The lowest BCUT2D eigenvalue weighted by atomic mass is 10.2. The van der Waals surface area contributed by atoms with Crippen LogP contribution in [-0.2, 0) is 0 Å². The number of ether oxygens (including phenoxy) is 1. The van der Waals surface area contributed by atoms with Crippen LogP contribution in [0.4, 0.5) is 32.0 Å². The van der Waals surface area contributed by atoms with E-state index in [9.17, 15) is 31.5 Å². The van der Waals surface area contributed by atoms with Crippen molar-refractivity contribution in [1.29, 1.82) is 0 Å². The van der Waals surface area contributed by atoms with Gasteiger partial charge in [0.15, 0.2) is 0 Å². The van der Waals surface area contributed by atoms with Gasteiger partial charge >= 0.3 is 12.5 Å². The van der Waals surface area contributed by atoms with Gasteiger partial charge in [-0.2, -0.15) is 13.2 Å². The number of rotatable bonds is 4. The lowest BCUT2D eigenvalue weighted by molar-refractivity contribution is -0.274. The number of hydrogen-bond acceptors (Lipinski definition) is 3. The van der Waals surface area contributed by atoms with Crippen LogP contribution in [0, 0.1) is 5.21 Å². The Hall–Kier alpha value is -1.52. The Labute approximate surface area is 127 Å². The molecule has 2 unspecified atom stereocenters. The summed E-state index contributed by atoms with van der Waals surface area (Å²) in [6, 6.07) is 3.94. The highest BCUT2D eigenvalue weighted by molar-refractivity contribution is 5.49. The van der Waals surface area contributed by atoms with E-state index in [4.69, 9.17) is 0 Å². The number of halogens is 6. The largest absolute Gasteiger partial charge is 0.627 e. The Balaban J connectivity index is 2.05. The monoisotopic (exact) mass is 344 g/mol. The SMILES string of the molecule is [O-][N+]1(c2cccc(OC(F)(F)F)c2)CCC(NCC(F)(F)F)C1. The summed E-state index contributed by atoms with van der Waals surface area (Å²) < 4.78 is 75.8. The Bertz CT molecular complexity index is 548. The molecule has 1 fully saturated rings. The maximum Gasteiger partial charge on any atom is 0.573 e. The lowest BCUT2D eigenvalue weighted by Gasteiger charge is -2.38. The minimum atomic E-state index is -4.88. The second-order valence-corrected chi connectivity index (χ2v) is 5.32. The van der Waals surface area contributed by atoms with Gasteiger partial charge in [0.1, 0.15) is 11.4 Å². The standard InChI is InChI=1S/C13H14F6N2O2/c14-12(15,16)8-20-9-4-5-21(22,7-9)10-2-1-3-11(6-10)23-13(17,18)19/h1-3,6,9,20H,4-5,7-8H2. The van der Waals surface area contributed by atoms with E-state index < -0.39 is 35.5 Å². The molecule has 2 atom stereocenters. The van der Waals surface area contributed by atoms with Crippen molar-refractivity contribution in [3.63, 3.8) is 0 Å². The van der Waals surface area contributed by atoms with Crippen LogP contribution in [-0.4, -0.2) is 38.2 Å². The molecule has 0 spiro atoms. The van der Waals surface area contributed by atoms with Crippen LogP contribution in [0.3, 0.4) is 0 Å². The van der Waals surface area contributed by atoms with Gasteiger partial charge in [-0.3, -0.25) is 0 Å². The second kappa shape index (κ2) is 6.17. The average molecular weight is 344 g/mol. The number of quaternary nitrogens is 1. The highest BCUT2D eigenvalue weighted by Gasteiger charge is 2.37. The zero-order valence-electron chi connectivity index (χ0n) is 11.7. The average Bonchev–Trinajstić information content (AvgIpc) is 2.77. The summed E-state index contributed by atoms with van der Waals surface area (Å²) in [4.78, 5) is 0. The molecule has 0 aromatic heterocycles. The van der Waals surface area contributed by atoms with Crippen molar-refractivity contribution in [2.75, 3.05) is 19.6 Å². The molecular weight excluding hydrogens is 330 g/mol. The summed E-state index contributed by atoms with van der Waals surface area (Å²) in [5, 5.41) is 14.9. The molecule has 0 saturated carbocycles. The van der Waals surface area contributed by atoms with Gasteiger partial charge in [0.2, 0.25) is 0 Å². The van der Waals surface area contributed by atoms with Crippen molar-refractivity contribution in [1.82, 2.24) is 9.96 Å². The summed E-state index contributed by atoms with van der Waals surface area (Å²) in [5.74, 6) is -0.532. The fraction of sp³-hybridized carbons (Fsp3) is 0.538. The Kier molecular flexibility index (Phi) is 4.79. The number of nitrogens with zero attached hydrogens (tertiary/aromatic N) is 1. The molecule has 0 bridgehead atoms. The molecule has 130 valence electrons. The third-order valence-corrected chi connectivity index (χ3v) is 3.47. The van der Waals surface area contributed by atoms with Crippen LogP contribution >= 0.6 is 0 Å². The summed E-state index contributed by atoms with van der Waals surface area (Å²) >= 11 is 0. The summed E-state index contributed by atoms with van der Waals surface area (Å²) in [5.41, 5.74) is 0.0167. The van der Waals surface area contributed by atoms with Gasteiger partial charge in [-0.25, -0.2) is 0 Å². The first-order valence-electron chi connectivity index (χ1n) is 6.71. The molecule has 0 amide bonds. The highest BCUT2D eigenvalue weighted by Crippen LogP contribution is 2.33. The topological polar surface area (TPSA) is 44.3 Å². The van der Waals surface area contributed by atoms with Gasteiger partial charge in [0.25, 0.3) is 0 Å². The fourth-order valence-electron chi connectivity index (χ4n) is 2.50. The summed E-state index contributed by atoms with van der Waals surface area (Å²) in [6.07, 6.45) is -9.07. The van der Waals surface area contributed by atoms with Crippen molar-refractivity contribution in [3.8, 4) is 5.75 Å². The van der Waals surface area contributed by atoms with E-state index in [1.807, 2.05) is 0 Å². The van der Waals surface area contributed by atoms with E-state index in [1.165, 1.54) is 12.1 Å². The number of hydroxylamine groups is 2. The quantitative estimate of drug-likeness (QED) is 0.518. The van der Waals surface area contributed by atoms with Crippen LogP contribution < -0.4 is 14.7 Å². The highest BCUT2D eigenvalue weighted by atomic mass is 19.4. The van der Waals surface area contributed by atoms with Crippen molar-refractivity contribution in [2.24, 2.45) is 0 Å². The first kappa shape index (κ1) is 17.8. The molecule has 1 aliphatic rings. The van der Waals surface area contributed by atoms with Gasteiger partial charge in [0, 0.05) is 12.5 Å². The number of hydrogen-bond donors (Lipinski definition) is 1. The first-order valence-corrected chi connectivity index (χ1v) is 6.71. The van der Waals surface area contributed by atoms with Crippen LogP contribution in [0.25, 0.3) is 0 Å². The van der Waals surface area contributed by atoms with Gasteiger partial charge in [-0.05, 0) is 12.1 Å². The maximum absolute atomic E-state index is 12.6. The zero-order chi connectivity index (χ0) is 17.3. The fourth-order valence-corrected chi connectivity index (χ4v) is 2.50. The number of benzene rings is 1. The van der Waals surface area contributed by atoms with Crippen LogP contribution in [0.5, 0.6) is 5.75 Å². The molecular formula is C13H14F6N2O2. The van der Waals surface area contributed by atoms with Crippen molar-refractivity contribution >= 4 is 5.69 Å². The Morgan fingerprint density at radius 1 is 1.22 bits per heavy atom. The number of nitrogens with one attached hydrogen (secondary N) is 1. The van der Waals surface area contributed by atoms with Crippen LogP contribution in [0.15, 0.2) is 24.3 Å². The van der Waals surface area contributed by atoms with Crippen molar-refractivity contribution in [3.05, 3.63) is 29.5 Å². The van der Waals surface area contributed by atoms with Gasteiger partial charge in [-0.1, -0.05) is 6.07 Å². The maximum atomic E-state index is 12.6. The normalized spacial score (nSPS) is 25.6. The molecule has 4 nitrogen and oxygen atoms in total.